The Morgan fingerprint density at radius 3 is 1.48 bits per heavy atom. The van der Waals surface area contributed by atoms with Crippen molar-refractivity contribution >= 4 is 80.9 Å². The molecule has 0 saturated carbocycles. The van der Waals surface area contributed by atoms with Crippen molar-refractivity contribution in [2.75, 3.05) is 48.6 Å². The minimum Gasteiger partial charge on any atom is -0.496 e. The molecule has 4 aromatic carbocycles. The lowest BCUT2D eigenvalue weighted by Crippen LogP contribution is -2.35. The van der Waals surface area contributed by atoms with Crippen molar-refractivity contribution in [1.82, 2.24) is 0 Å². The van der Waals surface area contributed by atoms with Crippen LogP contribution in [0.1, 0.15) is 53.4 Å². The van der Waals surface area contributed by atoms with Crippen molar-refractivity contribution < 1.29 is 26.3 Å². The van der Waals surface area contributed by atoms with Gasteiger partial charge in [-0.25, -0.2) is 16.8 Å². The van der Waals surface area contributed by atoms with E-state index in [1.54, 1.807) is 26.4 Å². The number of methoxy groups -OCH3 is 2. The van der Waals surface area contributed by atoms with Crippen molar-refractivity contribution in [3.05, 3.63) is 93.0 Å². The van der Waals surface area contributed by atoms with E-state index in [-0.39, 0.29) is 22.3 Å². The first-order chi connectivity index (χ1) is 24.6. The van der Waals surface area contributed by atoms with Crippen LogP contribution in [0.5, 0.6) is 11.5 Å². The molecule has 8 nitrogen and oxygen atoms in total. The standard InChI is InChI=1S/C20H24BrNO3S.C20H24INO3S/c2*1-4-10-20(2)13-22(15-8-6-5-7-9-15)17-11-16(21)18(25-3)12-19(17)26(23,24)14-20/h2*5-9,11-12H,4,10,13-14H2,1-3H3. The topological polar surface area (TPSA) is 93.2 Å². The van der Waals surface area contributed by atoms with Crippen molar-refractivity contribution in [3.63, 3.8) is 0 Å². The molecule has 2 aliphatic heterocycles. The Balaban J connectivity index is 0.000000201. The van der Waals surface area contributed by atoms with Crippen LogP contribution in [0.4, 0.5) is 22.7 Å². The molecule has 0 fully saturated rings. The van der Waals surface area contributed by atoms with Gasteiger partial charge in [-0.15, -0.1) is 0 Å². The number of para-hydroxylation sites is 2. The average Bonchev–Trinajstić information content (AvgIpc) is 3.24. The third kappa shape index (κ3) is 8.76. The second-order valence-electron chi connectivity index (χ2n) is 14.4. The van der Waals surface area contributed by atoms with Crippen LogP contribution in [0.15, 0.2) is 99.2 Å². The van der Waals surface area contributed by atoms with Crippen LogP contribution < -0.4 is 19.3 Å². The Kier molecular flexibility index (Phi) is 12.6. The molecule has 52 heavy (non-hydrogen) atoms. The summed E-state index contributed by atoms with van der Waals surface area (Å²) >= 11 is 5.71. The van der Waals surface area contributed by atoms with Gasteiger partial charge in [-0.3, -0.25) is 0 Å². The molecule has 2 aliphatic rings. The molecule has 2 heterocycles. The van der Waals surface area contributed by atoms with Gasteiger partial charge in [0.1, 0.15) is 11.5 Å². The van der Waals surface area contributed by atoms with E-state index in [1.165, 1.54) is 0 Å². The molecular formula is C40H48BrIN2O6S2. The van der Waals surface area contributed by atoms with E-state index in [0.29, 0.717) is 40.1 Å². The lowest BCUT2D eigenvalue weighted by Gasteiger charge is -2.34. The number of anilines is 4. The zero-order chi connectivity index (χ0) is 37.9. The first-order valence-corrected chi connectivity index (χ1v) is 22.6. The highest BCUT2D eigenvalue weighted by Gasteiger charge is 2.41. The van der Waals surface area contributed by atoms with Gasteiger partial charge in [-0.1, -0.05) is 76.9 Å². The molecule has 0 aliphatic carbocycles. The first-order valence-electron chi connectivity index (χ1n) is 17.4. The van der Waals surface area contributed by atoms with Gasteiger partial charge >= 0.3 is 0 Å². The van der Waals surface area contributed by atoms with Crippen molar-refractivity contribution in [2.45, 2.75) is 63.2 Å². The van der Waals surface area contributed by atoms with Crippen LogP contribution >= 0.6 is 38.5 Å². The van der Waals surface area contributed by atoms with Crippen LogP contribution in [0.25, 0.3) is 0 Å². The van der Waals surface area contributed by atoms with Gasteiger partial charge in [0, 0.05) is 36.6 Å². The van der Waals surface area contributed by atoms with Crippen LogP contribution in [0, 0.1) is 14.4 Å². The average molecular weight is 924 g/mol. The fraction of sp³-hybridized carbons (Fsp3) is 0.400. The van der Waals surface area contributed by atoms with Crippen molar-refractivity contribution in [1.29, 1.82) is 0 Å². The zero-order valence-corrected chi connectivity index (χ0v) is 36.0. The summed E-state index contributed by atoms with van der Waals surface area (Å²) in [5, 5.41) is 0. The lowest BCUT2D eigenvalue weighted by atomic mass is 9.87. The number of hydrogen-bond donors (Lipinski definition) is 0. The number of halogens is 2. The number of fused-ring (bicyclic) bond motifs is 2. The fourth-order valence-corrected chi connectivity index (χ4v) is 12.9. The summed E-state index contributed by atoms with van der Waals surface area (Å²) in [7, 11) is -3.74. The summed E-state index contributed by atoms with van der Waals surface area (Å²) in [5.41, 5.74) is 2.79. The molecule has 0 N–H and O–H groups in total. The van der Waals surface area contributed by atoms with E-state index >= 15 is 0 Å². The third-order valence-electron chi connectivity index (χ3n) is 9.72. The first kappa shape index (κ1) is 40.4. The Morgan fingerprint density at radius 2 is 1.08 bits per heavy atom. The number of ether oxygens (including phenoxy) is 2. The number of hydrogen-bond acceptors (Lipinski definition) is 8. The Hall–Kier alpha value is -2.81. The minimum absolute atomic E-state index is 0.134. The van der Waals surface area contributed by atoms with E-state index in [4.69, 9.17) is 9.47 Å². The smallest absolute Gasteiger partial charge is 0.181 e. The van der Waals surface area contributed by atoms with Crippen molar-refractivity contribution in [2.24, 2.45) is 10.8 Å². The Labute approximate surface area is 332 Å². The maximum Gasteiger partial charge on any atom is 0.181 e. The van der Waals surface area contributed by atoms with Crippen LogP contribution in [-0.4, -0.2) is 55.7 Å². The van der Waals surface area contributed by atoms with Gasteiger partial charge in [-0.2, -0.15) is 0 Å². The maximum atomic E-state index is 13.3. The summed E-state index contributed by atoms with van der Waals surface area (Å²) in [6, 6.07) is 27.1. The Morgan fingerprint density at radius 1 is 0.673 bits per heavy atom. The summed E-state index contributed by atoms with van der Waals surface area (Å²) < 4.78 is 65.4. The fourth-order valence-electron chi connectivity index (χ4n) is 7.57. The molecule has 0 amide bonds. The number of benzene rings is 4. The van der Waals surface area contributed by atoms with Crippen LogP contribution in [0.2, 0.25) is 0 Å². The molecule has 6 rings (SSSR count). The van der Waals surface area contributed by atoms with Gasteiger partial charge in [0.2, 0.25) is 0 Å². The van der Waals surface area contributed by atoms with Gasteiger partial charge < -0.3 is 19.3 Å². The highest BCUT2D eigenvalue weighted by molar-refractivity contribution is 14.1. The van der Waals surface area contributed by atoms with Gasteiger partial charge in [0.25, 0.3) is 0 Å². The molecule has 12 heteroatoms. The maximum absolute atomic E-state index is 13.3. The molecule has 2 unspecified atom stereocenters. The highest BCUT2D eigenvalue weighted by Crippen LogP contribution is 2.46. The zero-order valence-electron chi connectivity index (χ0n) is 30.7. The summed E-state index contributed by atoms with van der Waals surface area (Å²) in [6.07, 6.45) is 3.60. The number of nitrogens with zero attached hydrogens (tertiary/aromatic N) is 2. The predicted molar refractivity (Wildman–Crippen MR) is 223 cm³/mol. The second kappa shape index (κ2) is 16.3. The van der Waals surface area contributed by atoms with Crippen molar-refractivity contribution in [3.8, 4) is 11.5 Å². The highest BCUT2D eigenvalue weighted by atomic mass is 127. The second-order valence-corrected chi connectivity index (χ2v) is 20.3. The molecule has 0 bridgehead atoms. The summed E-state index contributed by atoms with van der Waals surface area (Å²) in [6.45, 7) is 9.67. The SMILES string of the molecule is CCCC1(C)CN(c2ccccc2)c2cc(Br)c(OC)cc2S(=O)(=O)C1.CCCC1(C)CN(c2ccccc2)c2cc(I)c(OC)cc2S(=O)(=O)C1. The van der Waals surface area contributed by atoms with Gasteiger partial charge in [0.05, 0.1) is 54.9 Å². The molecule has 280 valence electrons. The third-order valence-corrected chi connectivity index (χ3v) is 15.3. The normalized spacial score (nSPS) is 21.8. The summed E-state index contributed by atoms with van der Waals surface area (Å²) in [4.78, 5) is 4.97. The largest absolute Gasteiger partial charge is 0.496 e. The van der Waals surface area contributed by atoms with Gasteiger partial charge in [-0.05, 0) is 98.6 Å². The van der Waals surface area contributed by atoms with Crippen LogP contribution in [0.3, 0.4) is 0 Å². The van der Waals surface area contributed by atoms with E-state index < -0.39 is 19.7 Å². The molecule has 0 radical (unpaired) electrons. The van der Waals surface area contributed by atoms with E-state index in [9.17, 15) is 16.8 Å². The van der Waals surface area contributed by atoms with E-state index in [1.807, 2.05) is 72.8 Å². The number of sulfone groups is 2. The summed E-state index contributed by atoms with van der Waals surface area (Å²) in [5.74, 6) is 1.41. The number of rotatable bonds is 8. The molecule has 0 saturated heterocycles. The molecule has 0 spiro atoms. The van der Waals surface area contributed by atoms with E-state index in [0.717, 1.165) is 50.8 Å². The molecular weight excluding hydrogens is 875 g/mol. The van der Waals surface area contributed by atoms with E-state index in [2.05, 4.69) is 76.0 Å². The molecule has 2 atom stereocenters. The monoisotopic (exact) mass is 922 g/mol. The van der Waals surface area contributed by atoms with Gasteiger partial charge in [0.15, 0.2) is 19.7 Å². The minimum atomic E-state index is -3.44. The molecule has 0 aromatic heterocycles. The molecule has 4 aromatic rings. The lowest BCUT2D eigenvalue weighted by molar-refractivity contribution is 0.345. The van der Waals surface area contributed by atoms with Crippen LogP contribution in [-0.2, 0) is 19.7 Å². The quantitative estimate of drug-likeness (QED) is 0.161. The Bertz CT molecular complexity index is 1950. The predicted octanol–water partition coefficient (Wildman–Crippen LogP) is 10.2.